The largest absolute Gasteiger partial charge is 0.370 e. The van der Waals surface area contributed by atoms with Crippen LogP contribution < -0.4 is 5.73 Å². The first-order chi connectivity index (χ1) is 10.2. The summed E-state index contributed by atoms with van der Waals surface area (Å²) in [4.78, 5) is 19.6. The molecule has 116 valence electrons. The number of piperidine rings is 1. The fraction of sp³-hybridized carbons (Fsp3) is 0.750. The molecule has 2 aliphatic rings. The Kier molecular flexibility index (Phi) is 4.91. The van der Waals surface area contributed by atoms with E-state index in [1.54, 1.807) is 0 Å². The fourth-order valence-corrected chi connectivity index (χ4v) is 4.85. The molecule has 3 rings (SSSR count). The Labute approximate surface area is 130 Å². The van der Waals surface area contributed by atoms with Crippen LogP contribution in [0.15, 0.2) is 6.20 Å². The van der Waals surface area contributed by atoms with E-state index in [-0.39, 0.29) is 5.91 Å². The van der Waals surface area contributed by atoms with E-state index in [1.807, 2.05) is 11.3 Å². The summed E-state index contributed by atoms with van der Waals surface area (Å²) in [6.07, 6.45) is 10.3. The number of carbonyl (C=O) groups is 1. The van der Waals surface area contributed by atoms with Crippen molar-refractivity contribution in [1.82, 2.24) is 9.88 Å². The topological polar surface area (TPSA) is 59.2 Å². The monoisotopic (exact) mass is 307 g/mol. The second-order valence-corrected chi connectivity index (χ2v) is 7.71. The summed E-state index contributed by atoms with van der Waals surface area (Å²) in [5.74, 6) is 0.995. The maximum atomic E-state index is 11.1. The van der Waals surface area contributed by atoms with Crippen LogP contribution in [-0.2, 0) is 11.3 Å². The number of hydrogen-bond acceptors (Lipinski definition) is 4. The minimum Gasteiger partial charge on any atom is -0.370 e. The molecule has 21 heavy (non-hydrogen) atoms. The van der Waals surface area contributed by atoms with Crippen molar-refractivity contribution in [2.24, 2.45) is 11.7 Å². The normalized spacial score (nSPS) is 24.5. The second kappa shape index (κ2) is 6.88. The average Bonchev–Trinajstić information content (AvgIpc) is 3.08. The molecule has 1 saturated heterocycles. The zero-order valence-electron chi connectivity index (χ0n) is 12.6. The quantitative estimate of drug-likeness (QED) is 0.910. The highest BCUT2D eigenvalue weighted by Gasteiger charge is 2.23. The van der Waals surface area contributed by atoms with Crippen LogP contribution in [-0.4, -0.2) is 28.9 Å². The van der Waals surface area contributed by atoms with Gasteiger partial charge in [-0.05, 0) is 38.1 Å². The van der Waals surface area contributed by atoms with Gasteiger partial charge in [0.1, 0.15) is 0 Å². The molecule has 5 heteroatoms. The first kappa shape index (κ1) is 15.0. The van der Waals surface area contributed by atoms with Crippen molar-refractivity contribution >= 4 is 17.2 Å². The Hall–Kier alpha value is -0.940. The van der Waals surface area contributed by atoms with E-state index in [9.17, 15) is 4.79 Å². The van der Waals surface area contributed by atoms with Crippen molar-refractivity contribution in [3.63, 3.8) is 0 Å². The number of primary amides is 1. The predicted octanol–water partition coefficient (Wildman–Crippen LogP) is 2.89. The molecule has 1 atom stereocenters. The molecule has 0 radical (unpaired) electrons. The Balaban J connectivity index is 1.54. The van der Waals surface area contributed by atoms with Crippen LogP contribution >= 0.6 is 11.3 Å². The van der Waals surface area contributed by atoms with Crippen molar-refractivity contribution in [3.05, 3.63) is 16.1 Å². The SMILES string of the molecule is NC(=O)C[C@@H]1CCCN(Cc2cnc(C3CCCC3)s2)C1. The van der Waals surface area contributed by atoms with Gasteiger partial charge < -0.3 is 5.73 Å². The smallest absolute Gasteiger partial charge is 0.217 e. The van der Waals surface area contributed by atoms with Crippen LogP contribution in [0.25, 0.3) is 0 Å². The summed E-state index contributed by atoms with van der Waals surface area (Å²) >= 11 is 1.89. The predicted molar refractivity (Wildman–Crippen MR) is 85.1 cm³/mol. The first-order valence-electron chi connectivity index (χ1n) is 8.16. The van der Waals surface area contributed by atoms with E-state index < -0.39 is 0 Å². The second-order valence-electron chi connectivity index (χ2n) is 6.56. The standard InChI is InChI=1S/C16H25N3OS/c17-15(20)8-12-4-3-7-19(10-12)11-14-9-18-16(21-14)13-5-1-2-6-13/h9,12-13H,1-8,10-11H2,(H2,17,20)/t12-/m0/s1. The number of rotatable bonds is 5. The maximum absolute atomic E-state index is 11.1. The van der Waals surface area contributed by atoms with Gasteiger partial charge in [0.15, 0.2) is 0 Å². The van der Waals surface area contributed by atoms with E-state index in [0.717, 1.165) is 26.1 Å². The van der Waals surface area contributed by atoms with Crippen LogP contribution in [0.3, 0.4) is 0 Å². The first-order valence-corrected chi connectivity index (χ1v) is 8.97. The van der Waals surface area contributed by atoms with Crippen LogP contribution in [0.1, 0.15) is 60.7 Å². The molecule has 1 aromatic heterocycles. The minimum absolute atomic E-state index is 0.164. The Morgan fingerprint density at radius 1 is 1.33 bits per heavy atom. The lowest BCUT2D eigenvalue weighted by atomic mass is 9.94. The summed E-state index contributed by atoms with van der Waals surface area (Å²) in [5.41, 5.74) is 5.33. The number of thiazole rings is 1. The average molecular weight is 307 g/mol. The molecule has 1 aliphatic carbocycles. The van der Waals surface area contributed by atoms with Crippen molar-refractivity contribution < 1.29 is 4.79 Å². The zero-order chi connectivity index (χ0) is 14.7. The van der Waals surface area contributed by atoms with Gasteiger partial charge in [0, 0.05) is 36.5 Å². The van der Waals surface area contributed by atoms with Gasteiger partial charge in [-0.3, -0.25) is 9.69 Å². The number of hydrogen-bond donors (Lipinski definition) is 1. The lowest BCUT2D eigenvalue weighted by molar-refractivity contribution is -0.119. The maximum Gasteiger partial charge on any atom is 0.217 e. The third kappa shape index (κ3) is 4.04. The van der Waals surface area contributed by atoms with E-state index in [2.05, 4.69) is 16.1 Å². The summed E-state index contributed by atoms with van der Waals surface area (Å²) in [6.45, 7) is 3.12. The number of amides is 1. The number of nitrogens with two attached hydrogens (primary N) is 1. The lowest BCUT2D eigenvalue weighted by Gasteiger charge is -2.31. The van der Waals surface area contributed by atoms with Gasteiger partial charge in [-0.2, -0.15) is 0 Å². The number of likely N-dealkylation sites (tertiary alicyclic amines) is 1. The Bertz CT molecular complexity index is 482. The minimum atomic E-state index is -0.164. The number of nitrogens with zero attached hydrogens (tertiary/aromatic N) is 2. The summed E-state index contributed by atoms with van der Waals surface area (Å²) in [7, 11) is 0. The molecule has 2 N–H and O–H groups in total. The van der Waals surface area contributed by atoms with Crippen molar-refractivity contribution in [2.75, 3.05) is 13.1 Å². The lowest BCUT2D eigenvalue weighted by Crippen LogP contribution is -2.36. The molecule has 1 saturated carbocycles. The third-order valence-electron chi connectivity index (χ3n) is 4.75. The highest BCUT2D eigenvalue weighted by atomic mass is 32.1. The van der Waals surface area contributed by atoms with E-state index in [4.69, 9.17) is 5.73 Å². The van der Waals surface area contributed by atoms with Crippen molar-refractivity contribution in [1.29, 1.82) is 0 Å². The molecule has 4 nitrogen and oxygen atoms in total. The molecule has 0 spiro atoms. The van der Waals surface area contributed by atoms with Crippen LogP contribution in [0, 0.1) is 5.92 Å². The molecule has 1 aromatic rings. The highest BCUT2D eigenvalue weighted by Crippen LogP contribution is 2.36. The molecular weight excluding hydrogens is 282 g/mol. The Morgan fingerprint density at radius 3 is 2.90 bits per heavy atom. The summed E-state index contributed by atoms with van der Waals surface area (Å²) in [6, 6.07) is 0. The highest BCUT2D eigenvalue weighted by molar-refractivity contribution is 7.11. The van der Waals surface area contributed by atoms with Gasteiger partial charge in [-0.15, -0.1) is 11.3 Å². The van der Waals surface area contributed by atoms with Gasteiger partial charge in [-0.25, -0.2) is 4.98 Å². The molecule has 1 amide bonds. The fourth-order valence-electron chi connectivity index (χ4n) is 3.72. The molecule has 0 unspecified atom stereocenters. The van der Waals surface area contributed by atoms with E-state index in [1.165, 1.54) is 42.0 Å². The van der Waals surface area contributed by atoms with Crippen molar-refractivity contribution in [2.45, 2.75) is 57.4 Å². The molecule has 1 aliphatic heterocycles. The van der Waals surface area contributed by atoms with Gasteiger partial charge >= 0.3 is 0 Å². The van der Waals surface area contributed by atoms with Gasteiger partial charge in [-0.1, -0.05) is 12.8 Å². The molecule has 0 bridgehead atoms. The molecule has 0 aromatic carbocycles. The zero-order valence-corrected chi connectivity index (χ0v) is 13.4. The van der Waals surface area contributed by atoms with E-state index in [0.29, 0.717) is 18.3 Å². The Morgan fingerprint density at radius 2 is 2.14 bits per heavy atom. The molecule has 2 heterocycles. The number of carbonyl (C=O) groups excluding carboxylic acids is 1. The molecular formula is C16H25N3OS. The number of aromatic nitrogens is 1. The third-order valence-corrected chi connectivity index (χ3v) is 5.89. The summed E-state index contributed by atoms with van der Waals surface area (Å²) in [5, 5.41) is 1.34. The van der Waals surface area contributed by atoms with Gasteiger partial charge in [0.2, 0.25) is 5.91 Å². The van der Waals surface area contributed by atoms with E-state index >= 15 is 0 Å². The summed E-state index contributed by atoms with van der Waals surface area (Å²) < 4.78 is 0. The van der Waals surface area contributed by atoms with Crippen LogP contribution in [0.2, 0.25) is 0 Å². The van der Waals surface area contributed by atoms with Crippen molar-refractivity contribution in [3.8, 4) is 0 Å². The van der Waals surface area contributed by atoms with Gasteiger partial charge in [0.05, 0.1) is 5.01 Å². The van der Waals surface area contributed by atoms with Crippen LogP contribution in [0.5, 0.6) is 0 Å². The van der Waals surface area contributed by atoms with Gasteiger partial charge in [0.25, 0.3) is 0 Å². The van der Waals surface area contributed by atoms with Crippen LogP contribution in [0.4, 0.5) is 0 Å². The molecule has 2 fully saturated rings.